The highest BCUT2D eigenvalue weighted by Crippen LogP contribution is 2.33. The SMILES string of the molecule is c1n[nH]cc1-c1ncn2nc(NC3CCOCC3)nc2c1N1CCCCOCCC1. The van der Waals surface area contributed by atoms with Crippen LogP contribution in [-0.4, -0.2) is 75.3 Å². The maximum absolute atomic E-state index is 5.71. The molecule has 0 saturated carbocycles. The van der Waals surface area contributed by atoms with Crippen molar-refractivity contribution in [3.63, 3.8) is 0 Å². The van der Waals surface area contributed by atoms with Gasteiger partial charge in [0, 0.05) is 57.3 Å². The maximum Gasteiger partial charge on any atom is 0.243 e. The Morgan fingerprint density at radius 3 is 2.73 bits per heavy atom. The van der Waals surface area contributed by atoms with Crippen molar-refractivity contribution in [3.05, 3.63) is 18.7 Å². The monoisotopic (exact) mass is 412 g/mol. The van der Waals surface area contributed by atoms with Gasteiger partial charge in [0.25, 0.3) is 0 Å². The Morgan fingerprint density at radius 2 is 1.87 bits per heavy atom. The van der Waals surface area contributed by atoms with Crippen LogP contribution in [0.5, 0.6) is 0 Å². The summed E-state index contributed by atoms with van der Waals surface area (Å²) in [5.74, 6) is 0.641. The zero-order valence-electron chi connectivity index (χ0n) is 17.1. The number of H-pyrrole nitrogens is 1. The Hall–Kier alpha value is -2.72. The molecule has 5 rings (SSSR count). The van der Waals surface area contributed by atoms with Crippen molar-refractivity contribution >= 4 is 17.3 Å². The van der Waals surface area contributed by atoms with Crippen molar-refractivity contribution in [2.75, 3.05) is 49.7 Å². The summed E-state index contributed by atoms with van der Waals surface area (Å²) in [5, 5.41) is 15.2. The molecule has 0 radical (unpaired) electrons. The van der Waals surface area contributed by atoms with E-state index in [1.54, 1.807) is 17.0 Å². The van der Waals surface area contributed by atoms with Gasteiger partial charge in [0.2, 0.25) is 5.95 Å². The predicted molar refractivity (Wildman–Crippen MR) is 113 cm³/mol. The van der Waals surface area contributed by atoms with E-state index in [-0.39, 0.29) is 0 Å². The summed E-state index contributed by atoms with van der Waals surface area (Å²) in [6, 6.07) is 0.336. The Balaban J connectivity index is 1.54. The highest BCUT2D eigenvalue weighted by atomic mass is 16.5. The number of aromatic amines is 1. The molecule has 5 heterocycles. The van der Waals surface area contributed by atoms with E-state index < -0.39 is 0 Å². The zero-order valence-corrected chi connectivity index (χ0v) is 17.1. The van der Waals surface area contributed by atoms with Gasteiger partial charge in [-0.1, -0.05) is 0 Å². The molecule has 2 fully saturated rings. The van der Waals surface area contributed by atoms with Crippen molar-refractivity contribution in [2.24, 2.45) is 0 Å². The molecular weight excluding hydrogens is 384 g/mol. The fourth-order valence-corrected chi connectivity index (χ4v) is 4.11. The van der Waals surface area contributed by atoms with Crippen molar-refractivity contribution in [2.45, 2.75) is 38.1 Å². The lowest BCUT2D eigenvalue weighted by atomic mass is 10.1. The summed E-state index contributed by atoms with van der Waals surface area (Å²) >= 11 is 0. The fourth-order valence-electron chi connectivity index (χ4n) is 4.11. The number of hydrogen-bond donors (Lipinski definition) is 2. The second-order valence-corrected chi connectivity index (χ2v) is 7.82. The Bertz CT molecular complexity index is 941. The van der Waals surface area contributed by atoms with E-state index in [4.69, 9.17) is 19.4 Å². The van der Waals surface area contributed by atoms with Crippen LogP contribution in [0.2, 0.25) is 0 Å². The van der Waals surface area contributed by atoms with Gasteiger partial charge in [0.15, 0.2) is 5.65 Å². The molecule has 0 aliphatic carbocycles. The van der Waals surface area contributed by atoms with E-state index in [0.29, 0.717) is 12.0 Å². The number of aromatic nitrogens is 6. The minimum atomic E-state index is 0.336. The molecule has 10 heteroatoms. The molecule has 2 N–H and O–H groups in total. The normalized spacial score (nSPS) is 19.4. The third kappa shape index (κ3) is 4.10. The van der Waals surface area contributed by atoms with Gasteiger partial charge >= 0.3 is 0 Å². The highest BCUT2D eigenvalue weighted by Gasteiger charge is 2.23. The Morgan fingerprint density at radius 1 is 1.03 bits per heavy atom. The van der Waals surface area contributed by atoms with Crippen LogP contribution >= 0.6 is 0 Å². The second kappa shape index (κ2) is 8.97. The molecule has 0 unspecified atom stereocenters. The van der Waals surface area contributed by atoms with Gasteiger partial charge in [-0.25, -0.2) is 4.98 Å². The number of rotatable bonds is 4. The van der Waals surface area contributed by atoms with Crippen LogP contribution in [0.15, 0.2) is 18.7 Å². The van der Waals surface area contributed by atoms with Crippen LogP contribution in [0.25, 0.3) is 16.9 Å². The van der Waals surface area contributed by atoms with Crippen molar-refractivity contribution in [1.29, 1.82) is 0 Å². The van der Waals surface area contributed by atoms with E-state index in [1.807, 2.05) is 6.20 Å². The lowest BCUT2D eigenvalue weighted by Crippen LogP contribution is -2.28. The van der Waals surface area contributed by atoms with Crippen LogP contribution in [-0.2, 0) is 9.47 Å². The Kier molecular flexibility index (Phi) is 5.76. The van der Waals surface area contributed by atoms with E-state index in [2.05, 4.69) is 25.5 Å². The first kappa shape index (κ1) is 19.3. The lowest BCUT2D eigenvalue weighted by Gasteiger charge is -2.25. The van der Waals surface area contributed by atoms with Crippen LogP contribution in [0.4, 0.5) is 11.6 Å². The number of anilines is 2. The van der Waals surface area contributed by atoms with Gasteiger partial charge in [-0.05, 0) is 32.1 Å². The quantitative estimate of drug-likeness (QED) is 0.671. The fraction of sp³-hybridized carbons (Fsp3) is 0.600. The molecule has 160 valence electrons. The second-order valence-electron chi connectivity index (χ2n) is 7.82. The van der Waals surface area contributed by atoms with E-state index >= 15 is 0 Å². The van der Waals surface area contributed by atoms with Gasteiger partial charge in [0.05, 0.1) is 6.20 Å². The summed E-state index contributed by atoms with van der Waals surface area (Å²) in [6.07, 6.45) is 10.4. The largest absolute Gasteiger partial charge is 0.381 e. The molecular formula is C20H28N8O2. The van der Waals surface area contributed by atoms with E-state index in [9.17, 15) is 0 Å². The van der Waals surface area contributed by atoms with Crippen molar-refractivity contribution in [3.8, 4) is 11.3 Å². The summed E-state index contributed by atoms with van der Waals surface area (Å²) in [7, 11) is 0. The standard InChI is InChI=1S/C20H28N8O2/c1-2-8-29-9-3-7-27(6-1)18-17(15-12-22-23-13-15)21-14-28-19(18)25-20(26-28)24-16-4-10-30-11-5-16/h12-14,16H,1-11H2,(H,22,23)(H,24,26). The summed E-state index contributed by atoms with van der Waals surface area (Å²) < 4.78 is 13.0. The van der Waals surface area contributed by atoms with Crippen molar-refractivity contribution < 1.29 is 9.47 Å². The summed E-state index contributed by atoms with van der Waals surface area (Å²) in [6.45, 7) is 4.98. The molecule has 30 heavy (non-hydrogen) atoms. The van der Waals surface area contributed by atoms with Crippen molar-refractivity contribution in [1.82, 2.24) is 29.8 Å². The van der Waals surface area contributed by atoms with Gasteiger partial charge in [-0.3, -0.25) is 5.10 Å². The molecule has 0 amide bonds. The lowest BCUT2D eigenvalue weighted by molar-refractivity contribution is 0.0903. The summed E-state index contributed by atoms with van der Waals surface area (Å²) in [4.78, 5) is 12.0. The van der Waals surface area contributed by atoms with Gasteiger partial charge in [-0.2, -0.15) is 14.6 Å². The van der Waals surface area contributed by atoms with E-state index in [0.717, 1.165) is 94.2 Å². The van der Waals surface area contributed by atoms with Crippen LogP contribution in [0, 0.1) is 0 Å². The van der Waals surface area contributed by atoms with Crippen LogP contribution in [0.3, 0.4) is 0 Å². The van der Waals surface area contributed by atoms with Gasteiger partial charge in [0.1, 0.15) is 17.7 Å². The number of hydrogen-bond acceptors (Lipinski definition) is 8. The van der Waals surface area contributed by atoms with Gasteiger partial charge in [-0.15, -0.1) is 5.10 Å². The number of nitrogens with one attached hydrogen (secondary N) is 2. The zero-order chi connectivity index (χ0) is 20.2. The third-order valence-electron chi connectivity index (χ3n) is 5.69. The minimum Gasteiger partial charge on any atom is -0.381 e. The number of nitrogens with zero attached hydrogens (tertiary/aromatic N) is 6. The first-order valence-corrected chi connectivity index (χ1v) is 10.8. The topological polar surface area (TPSA) is 105 Å². The summed E-state index contributed by atoms with van der Waals surface area (Å²) in [5.41, 5.74) is 3.65. The van der Waals surface area contributed by atoms with Gasteiger partial charge < -0.3 is 19.7 Å². The molecule has 10 nitrogen and oxygen atoms in total. The molecule has 2 aliphatic rings. The molecule has 0 bridgehead atoms. The molecule has 0 aromatic carbocycles. The smallest absolute Gasteiger partial charge is 0.243 e. The van der Waals surface area contributed by atoms with E-state index in [1.165, 1.54) is 0 Å². The first-order valence-electron chi connectivity index (χ1n) is 10.8. The van der Waals surface area contributed by atoms with Crippen LogP contribution < -0.4 is 10.2 Å². The number of ether oxygens (including phenoxy) is 2. The minimum absolute atomic E-state index is 0.336. The maximum atomic E-state index is 5.71. The third-order valence-corrected chi connectivity index (χ3v) is 5.69. The molecule has 0 atom stereocenters. The average Bonchev–Trinajstić information content (AvgIpc) is 3.45. The van der Waals surface area contributed by atoms with Crippen LogP contribution in [0.1, 0.15) is 32.1 Å². The highest BCUT2D eigenvalue weighted by molar-refractivity contribution is 5.85. The molecule has 3 aromatic heterocycles. The molecule has 2 aliphatic heterocycles. The number of fused-ring (bicyclic) bond motifs is 1. The molecule has 0 spiro atoms. The Labute approximate surface area is 175 Å². The average molecular weight is 412 g/mol. The first-order chi connectivity index (χ1) is 14.9. The predicted octanol–water partition coefficient (Wildman–Crippen LogP) is 2.11. The molecule has 3 aromatic rings. The molecule has 2 saturated heterocycles.